The van der Waals surface area contributed by atoms with Crippen LogP contribution in [0.3, 0.4) is 0 Å². The van der Waals surface area contributed by atoms with Gasteiger partial charge in [-0.05, 0) is 31.0 Å². The van der Waals surface area contributed by atoms with Crippen LogP contribution in [0.5, 0.6) is 0 Å². The minimum absolute atomic E-state index is 0. The minimum atomic E-state index is -0.231. The molecular formula is C15H23ClFN3O. The van der Waals surface area contributed by atoms with Crippen LogP contribution in [0.2, 0.25) is 0 Å². The Labute approximate surface area is 131 Å². The predicted molar refractivity (Wildman–Crippen MR) is 84.3 cm³/mol. The lowest BCUT2D eigenvalue weighted by molar-refractivity contribution is -0.122. The molecule has 0 aliphatic carbocycles. The van der Waals surface area contributed by atoms with E-state index in [1.54, 1.807) is 12.1 Å². The molecule has 1 saturated heterocycles. The Bertz CT molecular complexity index is 441. The van der Waals surface area contributed by atoms with Gasteiger partial charge in [0, 0.05) is 32.2 Å². The van der Waals surface area contributed by atoms with E-state index in [-0.39, 0.29) is 24.1 Å². The Morgan fingerprint density at radius 2 is 2.14 bits per heavy atom. The van der Waals surface area contributed by atoms with Crippen molar-refractivity contribution < 1.29 is 9.18 Å². The first-order chi connectivity index (χ1) is 9.65. The smallest absolute Gasteiger partial charge is 0.234 e. The lowest BCUT2D eigenvalue weighted by atomic mass is 10.1. The third kappa shape index (κ3) is 5.99. The zero-order valence-corrected chi connectivity index (χ0v) is 13.1. The van der Waals surface area contributed by atoms with E-state index in [4.69, 9.17) is 0 Å². The van der Waals surface area contributed by atoms with E-state index in [1.807, 2.05) is 0 Å². The summed E-state index contributed by atoms with van der Waals surface area (Å²) in [5.74, 6) is -0.175. The summed E-state index contributed by atoms with van der Waals surface area (Å²) >= 11 is 0. The van der Waals surface area contributed by atoms with Crippen molar-refractivity contribution in [3.63, 3.8) is 0 Å². The van der Waals surface area contributed by atoms with Crippen LogP contribution in [-0.2, 0) is 11.2 Å². The van der Waals surface area contributed by atoms with E-state index >= 15 is 0 Å². The summed E-state index contributed by atoms with van der Waals surface area (Å²) in [5, 5.41) is 6.22. The lowest BCUT2D eigenvalue weighted by Crippen LogP contribution is -2.52. The number of piperazine rings is 1. The Kier molecular flexibility index (Phi) is 7.64. The summed E-state index contributed by atoms with van der Waals surface area (Å²) in [6, 6.07) is 6.78. The molecular weight excluding hydrogens is 293 g/mol. The molecule has 1 aliphatic rings. The quantitative estimate of drug-likeness (QED) is 0.858. The summed E-state index contributed by atoms with van der Waals surface area (Å²) in [6.45, 7) is 5.94. The average Bonchev–Trinajstić information content (AvgIpc) is 2.44. The van der Waals surface area contributed by atoms with Gasteiger partial charge >= 0.3 is 0 Å². The first-order valence-corrected chi connectivity index (χ1v) is 7.11. The maximum Gasteiger partial charge on any atom is 0.234 e. The van der Waals surface area contributed by atoms with Gasteiger partial charge in [-0.15, -0.1) is 12.4 Å². The van der Waals surface area contributed by atoms with Crippen molar-refractivity contribution >= 4 is 18.3 Å². The number of nitrogens with zero attached hydrogens (tertiary/aromatic N) is 1. The molecule has 0 bridgehead atoms. The Balaban J connectivity index is 0.00000220. The summed E-state index contributed by atoms with van der Waals surface area (Å²) in [4.78, 5) is 14.1. The zero-order valence-electron chi connectivity index (χ0n) is 12.3. The van der Waals surface area contributed by atoms with E-state index in [0.29, 0.717) is 19.1 Å². The predicted octanol–water partition coefficient (Wildman–Crippen LogP) is 1.20. The van der Waals surface area contributed by atoms with Crippen molar-refractivity contribution in [1.29, 1.82) is 0 Å². The Hall–Kier alpha value is -1.17. The fourth-order valence-corrected chi connectivity index (χ4v) is 2.36. The lowest BCUT2D eigenvalue weighted by Gasteiger charge is -2.33. The van der Waals surface area contributed by atoms with Crippen LogP contribution in [0.15, 0.2) is 24.3 Å². The summed E-state index contributed by atoms with van der Waals surface area (Å²) in [7, 11) is 0. The Morgan fingerprint density at radius 3 is 2.81 bits per heavy atom. The van der Waals surface area contributed by atoms with Gasteiger partial charge < -0.3 is 10.6 Å². The molecule has 0 unspecified atom stereocenters. The maximum atomic E-state index is 12.8. The monoisotopic (exact) mass is 315 g/mol. The number of halogens is 2. The van der Waals surface area contributed by atoms with Gasteiger partial charge in [0.05, 0.1) is 6.54 Å². The van der Waals surface area contributed by atoms with Crippen LogP contribution < -0.4 is 10.6 Å². The van der Waals surface area contributed by atoms with Crippen LogP contribution in [0.4, 0.5) is 4.39 Å². The molecule has 0 spiro atoms. The van der Waals surface area contributed by atoms with Crippen molar-refractivity contribution in [2.24, 2.45) is 0 Å². The van der Waals surface area contributed by atoms with Gasteiger partial charge in [0.1, 0.15) is 5.82 Å². The van der Waals surface area contributed by atoms with Crippen LogP contribution in [0, 0.1) is 5.82 Å². The highest BCUT2D eigenvalue weighted by atomic mass is 35.5. The van der Waals surface area contributed by atoms with Gasteiger partial charge in [0.15, 0.2) is 0 Å². The standard InChI is InChI=1S/C15H22FN3O.ClH/c1-12-10-17-8-9-19(12)11-15(20)18-7-6-13-2-4-14(16)5-3-13;/h2-5,12,17H,6-11H2,1H3,(H,18,20);1H/t12-;/m0./s1. The molecule has 0 radical (unpaired) electrons. The van der Waals surface area contributed by atoms with Crippen molar-refractivity contribution in [3.8, 4) is 0 Å². The number of amides is 1. The molecule has 6 heteroatoms. The van der Waals surface area contributed by atoms with Crippen molar-refractivity contribution in [1.82, 2.24) is 15.5 Å². The van der Waals surface area contributed by atoms with Crippen molar-refractivity contribution in [2.75, 3.05) is 32.7 Å². The Morgan fingerprint density at radius 1 is 1.43 bits per heavy atom. The number of benzene rings is 1. The first-order valence-electron chi connectivity index (χ1n) is 7.11. The molecule has 1 aliphatic heterocycles. The van der Waals surface area contributed by atoms with Gasteiger partial charge in [-0.1, -0.05) is 12.1 Å². The molecule has 2 N–H and O–H groups in total. The zero-order chi connectivity index (χ0) is 14.4. The van der Waals surface area contributed by atoms with Crippen LogP contribution in [0.1, 0.15) is 12.5 Å². The number of hydrogen-bond acceptors (Lipinski definition) is 3. The van der Waals surface area contributed by atoms with E-state index < -0.39 is 0 Å². The minimum Gasteiger partial charge on any atom is -0.355 e. The van der Waals surface area contributed by atoms with Crippen LogP contribution in [0.25, 0.3) is 0 Å². The van der Waals surface area contributed by atoms with Gasteiger partial charge in [-0.25, -0.2) is 4.39 Å². The second-order valence-corrected chi connectivity index (χ2v) is 5.25. The summed E-state index contributed by atoms with van der Waals surface area (Å²) in [6.07, 6.45) is 0.725. The van der Waals surface area contributed by atoms with Gasteiger partial charge in [-0.3, -0.25) is 9.69 Å². The summed E-state index contributed by atoms with van der Waals surface area (Å²) in [5.41, 5.74) is 1.03. The largest absolute Gasteiger partial charge is 0.355 e. The highest BCUT2D eigenvalue weighted by Crippen LogP contribution is 2.03. The maximum absolute atomic E-state index is 12.8. The van der Waals surface area contributed by atoms with E-state index in [2.05, 4.69) is 22.5 Å². The number of hydrogen-bond donors (Lipinski definition) is 2. The third-order valence-corrected chi connectivity index (χ3v) is 3.63. The third-order valence-electron chi connectivity index (χ3n) is 3.63. The van der Waals surface area contributed by atoms with Crippen LogP contribution in [-0.4, -0.2) is 49.6 Å². The van der Waals surface area contributed by atoms with Gasteiger partial charge in [0.2, 0.25) is 5.91 Å². The van der Waals surface area contributed by atoms with Gasteiger partial charge in [-0.2, -0.15) is 0 Å². The number of nitrogens with one attached hydrogen (secondary N) is 2. The molecule has 118 valence electrons. The van der Waals surface area contributed by atoms with Crippen molar-refractivity contribution in [3.05, 3.63) is 35.6 Å². The molecule has 0 aromatic heterocycles. The molecule has 1 fully saturated rings. The topological polar surface area (TPSA) is 44.4 Å². The second-order valence-electron chi connectivity index (χ2n) is 5.25. The highest BCUT2D eigenvalue weighted by molar-refractivity contribution is 5.85. The first kappa shape index (κ1) is 17.9. The van der Waals surface area contributed by atoms with Gasteiger partial charge in [0.25, 0.3) is 0 Å². The van der Waals surface area contributed by atoms with E-state index in [0.717, 1.165) is 31.6 Å². The van der Waals surface area contributed by atoms with E-state index in [9.17, 15) is 9.18 Å². The molecule has 1 heterocycles. The molecule has 1 amide bonds. The highest BCUT2D eigenvalue weighted by Gasteiger charge is 2.19. The summed E-state index contributed by atoms with van der Waals surface area (Å²) < 4.78 is 12.8. The SMILES string of the molecule is C[C@H]1CNCCN1CC(=O)NCCc1ccc(F)cc1.Cl. The fourth-order valence-electron chi connectivity index (χ4n) is 2.36. The molecule has 21 heavy (non-hydrogen) atoms. The van der Waals surface area contributed by atoms with E-state index in [1.165, 1.54) is 12.1 Å². The van der Waals surface area contributed by atoms with Crippen LogP contribution >= 0.6 is 12.4 Å². The molecule has 0 saturated carbocycles. The average molecular weight is 316 g/mol. The number of rotatable bonds is 5. The number of carbonyl (C=O) groups excluding carboxylic acids is 1. The second kappa shape index (κ2) is 8.97. The molecule has 4 nitrogen and oxygen atoms in total. The molecule has 2 rings (SSSR count). The number of carbonyl (C=O) groups is 1. The fraction of sp³-hybridized carbons (Fsp3) is 0.533. The molecule has 1 atom stereocenters. The van der Waals surface area contributed by atoms with Crippen molar-refractivity contribution in [2.45, 2.75) is 19.4 Å². The molecule has 1 aromatic rings. The molecule has 1 aromatic carbocycles. The normalized spacial score (nSPS) is 18.9.